The Morgan fingerprint density at radius 1 is 1.00 bits per heavy atom. The highest BCUT2D eigenvalue weighted by Gasteiger charge is 2.15. The molecule has 0 bridgehead atoms. The molecule has 0 atom stereocenters. The number of thiocarbonyl (C=S) groups is 1. The van der Waals surface area contributed by atoms with Crippen LogP contribution in [0.5, 0.6) is 5.75 Å². The molecule has 2 aromatic rings. The Morgan fingerprint density at radius 2 is 1.63 bits per heavy atom. The van der Waals surface area contributed by atoms with E-state index in [4.69, 9.17) is 17.0 Å². The maximum atomic E-state index is 12.3. The Balaban J connectivity index is 1.80. The maximum Gasteiger partial charge on any atom is 0.276 e. The Hall–Kier alpha value is -2.93. The SMILES string of the molecule is CC(C)c1ccccc1OCC(=O)NNC(=S)NC(=O)c1ccc(C(C)(C)C)cc1. The molecule has 3 N–H and O–H groups in total. The average molecular weight is 428 g/mol. The Labute approximate surface area is 183 Å². The van der Waals surface area contributed by atoms with E-state index in [1.54, 1.807) is 12.1 Å². The third-order valence-corrected chi connectivity index (χ3v) is 4.66. The number of para-hydroxylation sites is 1. The number of hydrogen-bond acceptors (Lipinski definition) is 4. The van der Waals surface area contributed by atoms with Crippen LogP contribution in [-0.4, -0.2) is 23.5 Å². The van der Waals surface area contributed by atoms with Crippen LogP contribution in [0, 0.1) is 0 Å². The number of benzene rings is 2. The number of carbonyl (C=O) groups excluding carboxylic acids is 2. The van der Waals surface area contributed by atoms with Gasteiger partial charge in [0.25, 0.3) is 11.8 Å². The molecule has 0 spiro atoms. The van der Waals surface area contributed by atoms with Crippen LogP contribution in [0.1, 0.15) is 62.0 Å². The Morgan fingerprint density at radius 3 is 2.23 bits per heavy atom. The molecule has 2 rings (SSSR count). The van der Waals surface area contributed by atoms with Gasteiger partial charge in [0, 0.05) is 5.56 Å². The maximum absolute atomic E-state index is 12.3. The van der Waals surface area contributed by atoms with Gasteiger partial charge in [-0.1, -0.05) is 65.0 Å². The number of rotatable bonds is 5. The molecule has 0 aliphatic carbocycles. The topological polar surface area (TPSA) is 79.5 Å². The largest absolute Gasteiger partial charge is 0.483 e. The van der Waals surface area contributed by atoms with Gasteiger partial charge in [0.15, 0.2) is 11.7 Å². The van der Waals surface area contributed by atoms with Crippen molar-refractivity contribution in [1.29, 1.82) is 0 Å². The van der Waals surface area contributed by atoms with Crippen molar-refractivity contribution < 1.29 is 14.3 Å². The van der Waals surface area contributed by atoms with E-state index in [-0.39, 0.29) is 29.0 Å². The van der Waals surface area contributed by atoms with Crippen LogP contribution in [0.4, 0.5) is 0 Å². The average Bonchev–Trinajstić information content (AvgIpc) is 2.70. The molecule has 0 radical (unpaired) electrons. The van der Waals surface area contributed by atoms with Gasteiger partial charge >= 0.3 is 0 Å². The molecule has 7 heteroatoms. The van der Waals surface area contributed by atoms with Crippen LogP contribution in [0.3, 0.4) is 0 Å². The van der Waals surface area contributed by atoms with Crippen molar-refractivity contribution in [3.8, 4) is 5.75 Å². The van der Waals surface area contributed by atoms with Gasteiger partial charge in [-0.3, -0.25) is 25.8 Å². The lowest BCUT2D eigenvalue weighted by Crippen LogP contribution is -2.49. The predicted molar refractivity (Wildman–Crippen MR) is 123 cm³/mol. The Kier molecular flexibility index (Phi) is 7.94. The van der Waals surface area contributed by atoms with E-state index < -0.39 is 5.91 Å². The summed E-state index contributed by atoms with van der Waals surface area (Å²) in [5.41, 5.74) is 7.57. The van der Waals surface area contributed by atoms with Crippen LogP contribution in [0.15, 0.2) is 48.5 Å². The minimum atomic E-state index is -0.417. The summed E-state index contributed by atoms with van der Waals surface area (Å²) >= 11 is 5.07. The molecule has 160 valence electrons. The van der Waals surface area contributed by atoms with Gasteiger partial charge in [0.2, 0.25) is 0 Å². The summed E-state index contributed by atoms with van der Waals surface area (Å²) in [5, 5.41) is 2.53. The molecular formula is C23H29N3O3S. The zero-order valence-corrected chi connectivity index (χ0v) is 18.9. The molecular weight excluding hydrogens is 398 g/mol. The highest BCUT2D eigenvalue weighted by Crippen LogP contribution is 2.25. The molecule has 0 fully saturated rings. The van der Waals surface area contributed by atoms with Crippen molar-refractivity contribution in [3.05, 3.63) is 65.2 Å². The van der Waals surface area contributed by atoms with Crippen LogP contribution in [0.2, 0.25) is 0 Å². The molecule has 6 nitrogen and oxygen atoms in total. The van der Waals surface area contributed by atoms with Crippen LogP contribution < -0.4 is 20.9 Å². The van der Waals surface area contributed by atoms with Crippen LogP contribution >= 0.6 is 12.2 Å². The number of nitrogens with one attached hydrogen (secondary N) is 3. The minimum absolute atomic E-state index is 0.00386. The third-order valence-electron chi connectivity index (χ3n) is 4.46. The number of carbonyl (C=O) groups is 2. The van der Waals surface area contributed by atoms with Crippen LogP contribution in [-0.2, 0) is 10.2 Å². The summed E-state index contributed by atoms with van der Waals surface area (Å²) in [4.78, 5) is 24.3. The Bertz CT molecular complexity index is 903. The molecule has 0 saturated carbocycles. The zero-order valence-electron chi connectivity index (χ0n) is 18.0. The molecule has 0 aliphatic heterocycles. The second-order valence-electron chi connectivity index (χ2n) is 8.26. The third kappa shape index (κ3) is 6.84. The van der Waals surface area contributed by atoms with Gasteiger partial charge in [-0.2, -0.15) is 0 Å². The first-order valence-corrected chi connectivity index (χ1v) is 10.2. The monoisotopic (exact) mass is 427 g/mol. The van der Waals surface area contributed by atoms with Gasteiger partial charge < -0.3 is 4.74 Å². The summed E-state index contributed by atoms with van der Waals surface area (Å²) in [5.74, 6) is 0.170. The van der Waals surface area contributed by atoms with E-state index in [9.17, 15) is 9.59 Å². The van der Waals surface area contributed by atoms with Gasteiger partial charge in [0.05, 0.1) is 0 Å². The van der Waals surface area contributed by atoms with Crippen molar-refractivity contribution in [2.24, 2.45) is 0 Å². The molecule has 0 heterocycles. The standard InChI is InChI=1S/C23H29N3O3S/c1-15(2)18-8-6-7-9-19(18)29-14-20(27)25-26-22(30)24-21(28)16-10-12-17(13-11-16)23(3,4)5/h6-13,15H,14H2,1-5H3,(H,25,27)(H2,24,26,28,30). The smallest absolute Gasteiger partial charge is 0.276 e. The van der Waals surface area contributed by atoms with Gasteiger partial charge in [0.1, 0.15) is 5.75 Å². The number of ether oxygens (including phenoxy) is 1. The summed E-state index contributed by atoms with van der Waals surface area (Å²) in [6, 6.07) is 14.9. The van der Waals surface area contributed by atoms with Crippen molar-refractivity contribution in [1.82, 2.24) is 16.2 Å². The minimum Gasteiger partial charge on any atom is -0.483 e. The fourth-order valence-electron chi connectivity index (χ4n) is 2.72. The first-order chi connectivity index (χ1) is 14.1. The van der Waals surface area contributed by atoms with Crippen LogP contribution in [0.25, 0.3) is 0 Å². The summed E-state index contributed by atoms with van der Waals surface area (Å²) in [6.45, 7) is 10.3. The fraction of sp³-hybridized carbons (Fsp3) is 0.348. The highest BCUT2D eigenvalue weighted by molar-refractivity contribution is 7.80. The molecule has 30 heavy (non-hydrogen) atoms. The molecule has 0 aromatic heterocycles. The van der Waals surface area contributed by atoms with Gasteiger partial charge in [-0.15, -0.1) is 0 Å². The van der Waals surface area contributed by atoms with Crippen molar-refractivity contribution in [2.45, 2.75) is 46.0 Å². The summed E-state index contributed by atoms with van der Waals surface area (Å²) in [7, 11) is 0. The number of amides is 2. The fourth-order valence-corrected chi connectivity index (χ4v) is 2.87. The summed E-state index contributed by atoms with van der Waals surface area (Å²) in [6.07, 6.45) is 0. The van der Waals surface area contributed by atoms with Crippen molar-refractivity contribution >= 4 is 29.1 Å². The van der Waals surface area contributed by atoms with Gasteiger partial charge in [-0.25, -0.2) is 0 Å². The summed E-state index contributed by atoms with van der Waals surface area (Å²) < 4.78 is 5.60. The molecule has 0 unspecified atom stereocenters. The highest BCUT2D eigenvalue weighted by atomic mass is 32.1. The van der Waals surface area contributed by atoms with E-state index in [0.29, 0.717) is 11.3 Å². The lowest BCUT2D eigenvalue weighted by atomic mass is 9.87. The zero-order chi connectivity index (χ0) is 22.3. The van der Waals surface area contributed by atoms with Gasteiger partial charge in [-0.05, 0) is 52.9 Å². The quantitative estimate of drug-likeness (QED) is 0.499. The first kappa shape index (κ1) is 23.3. The second kappa shape index (κ2) is 10.2. The predicted octanol–water partition coefficient (Wildman–Crippen LogP) is 3.82. The number of hydrogen-bond donors (Lipinski definition) is 3. The van der Waals surface area contributed by atoms with Crippen molar-refractivity contribution in [3.63, 3.8) is 0 Å². The normalized spacial score (nSPS) is 11.0. The van der Waals surface area contributed by atoms with E-state index in [2.05, 4.69) is 50.8 Å². The van der Waals surface area contributed by atoms with Crippen molar-refractivity contribution in [2.75, 3.05) is 6.61 Å². The molecule has 2 aromatic carbocycles. The second-order valence-corrected chi connectivity index (χ2v) is 8.67. The molecule has 2 amide bonds. The van der Waals surface area contributed by atoms with E-state index in [1.807, 2.05) is 36.4 Å². The lowest BCUT2D eigenvalue weighted by molar-refractivity contribution is -0.123. The van der Waals surface area contributed by atoms with E-state index in [1.165, 1.54) is 0 Å². The van der Waals surface area contributed by atoms with E-state index >= 15 is 0 Å². The first-order valence-electron chi connectivity index (χ1n) is 9.80. The molecule has 0 aliphatic rings. The molecule has 0 saturated heterocycles. The van der Waals surface area contributed by atoms with E-state index in [0.717, 1.165) is 11.1 Å². The lowest BCUT2D eigenvalue weighted by Gasteiger charge is -2.19. The number of hydrazine groups is 1.